The number of hydrogen-bond acceptors (Lipinski definition) is 6. The summed E-state index contributed by atoms with van der Waals surface area (Å²) in [5, 5.41) is 13.8. The van der Waals surface area contributed by atoms with Crippen LogP contribution in [0.15, 0.2) is 24.3 Å². The van der Waals surface area contributed by atoms with Gasteiger partial charge in [-0.1, -0.05) is 0 Å². The second-order valence-electron chi connectivity index (χ2n) is 6.39. The highest BCUT2D eigenvalue weighted by Gasteiger charge is 2.29. The third kappa shape index (κ3) is 5.17. The van der Waals surface area contributed by atoms with Gasteiger partial charge in [0.15, 0.2) is 0 Å². The van der Waals surface area contributed by atoms with Crippen LogP contribution < -0.4 is 10.1 Å². The third-order valence-electron chi connectivity index (χ3n) is 4.45. The molecule has 0 radical (unpaired) electrons. The minimum Gasteiger partial charge on any atom is -0.486 e. The molecule has 0 bridgehead atoms. The summed E-state index contributed by atoms with van der Waals surface area (Å²) in [6, 6.07) is 6.06. The molecule has 142 valence electrons. The molecule has 26 heavy (non-hydrogen) atoms. The number of ether oxygens (including phenoxy) is 2. The number of carboxylic acid groups (broad SMARTS) is 1. The Morgan fingerprint density at radius 2 is 2.08 bits per heavy atom. The fraction of sp³-hybridized carbons (Fsp3) is 0.556. The van der Waals surface area contributed by atoms with Crippen LogP contribution in [0.4, 0.5) is 0 Å². The van der Waals surface area contributed by atoms with Crippen molar-refractivity contribution < 1.29 is 29.0 Å². The van der Waals surface area contributed by atoms with Gasteiger partial charge in [-0.05, 0) is 37.1 Å². The second kappa shape index (κ2) is 8.98. The first-order valence-electron chi connectivity index (χ1n) is 8.87. The summed E-state index contributed by atoms with van der Waals surface area (Å²) in [5.41, 5.74) is 0.200. The van der Waals surface area contributed by atoms with Crippen molar-refractivity contribution in [1.29, 1.82) is 0 Å². The number of nitrogens with one attached hydrogen (secondary N) is 1. The number of nitrogens with zero attached hydrogens (tertiary/aromatic N) is 1. The lowest BCUT2D eigenvalue weighted by atomic mass is 10.1. The average Bonchev–Trinajstić information content (AvgIpc) is 3.16. The average molecular weight is 364 g/mol. The number of carboxylic acids is 1. The Labute approximate surface area is 152 Å². The van der Waals surface area contributed by atoms with E-state index in [4.69, 9.17) is 19.4 Å². The molecule has 0 aromatic heterocycles. The van der Waals surface area contributed by atoms with Crippen LogP contribution in [0.5, 0.6) is 5.75 Å². The molecule has 2 unspecified atom stereocenters. The predicted molar refractivity (Wildman–Crippen MR) is 91.9 cm³/mol. The summed E-state index contributed by atoms with van der Waals surface area (Å²) < 4.78 is 11.4. The molecule has 8 nitrogen and oxygen atoms in total. The number of rotatable bonds is 7. The van der Waals surface area contributed by atoms with Crippen LogP contribution in [0.25, 0.3) is 0 Å². The number of aromatic carboxylic acids is 1. The molecule has 2 atom stereocenters. The van der Waals surface area contributed by atoms with Crippen LogP contribution in [-0.2, 0) is 14.4 Å². The molecule has 1 aromatic carbocycles. The Morgan fingerprint density at radius 1 is 1.27 bits per heavy atom. The Morgan fingerprint density at radius 3 is 2.77 bits per heavy atom. The van der Waals surface area contributed by atoms with E-state index < -0.39 is 5.97 Å². The van der Waals surface area contributed by atoms with Crippen molar-refractivity contribution in [3.63, 3.8) is 0 Å². The van der Waals surface area contributed by atoms with E-state index in [9.17, 15) is 9.59 Å². The lowest BCUT2D eigenvalue weighted by molar-refractivity contribution is -0.132. The van der Waals surface area contributed by atoms with Gasteiger partial charge in [0.05, 0.1) is 24.8 Å². The number of amides is 1. The van der Waals surface area contributed by atoms with Gasteiger partial charge >= 0.3 is 5.97 Å². The molecule has 0 aliphatic carbocycles. The van der Waals surface area contributed by atoms with Gasteiger partial charge in [-0.2, -0.15) is 5.06 Å². The normalized spacial score (nSPS) is 23.5. The van der Waals surface area contributed by atoms with Crippen molar-refractivity contribution in [1.82, 2.24) is 10.4 Å². The summed E-state index contributed by atoms with van der Waals surface area (Å²) in [6.07, 6.45) is 1.73. The summed E-state index contributed by atoms with van der Waals surface area (Å²) in [5.74, 6) is -0.470. The van der Waals surface area contributed by atoms with Crippen molar-refractivity contribution in [2.75, 3.05) is 32.9 Å². The molecular weight excluding hydrogens is 340 g/mol. The van der Waals surface area contributed by atoms with Gasteiger partial charge < -0.3 is 19.9 Å². The molecule has 2 N–H and O–H groups in total. The van der Waals surface area contributed by atoms with Crippen molar-refractivity contribution in [2.45, 2.75) is 31.4 Å². The first kappa shape index (κ1) is 18.6. The van der Waals surface area contributed by atoms with Gasteiger partial charge in [0.25, 0.3) is 0 Å². The van der Waals surface area contributed by atoms with Gasteiger partial charge in [0, 0.05) is 26.1 Å². The van der Waals surface area contributed by atoms with Crippen LogP contribution in [0.2, 0.25) is 0 Å². The maximum Gasteiger partial charge on any atom is 0.335 e. The zero-order valence-corrected chi connectivity index (χ0v) is 14.6. The van der Waals surface area contributed by atoms with E-state index in [1.54, 1.807) is 12.1 Å². The molecular formula is C18H24N2O6. The molecule has 2 heterocycles. The minimum absolute atomic E-state index is 0.0396. The summed E-state index contributed by atoms with van der Waals surface area (Å²) in [7, 11) is 0. The van der Waals surface area contributed by atoms with E-state index >= 15 is 0 Å². The standard InChI is InChI=1S/C18H24N2O6/c21-17(6-9-20-8-1-10-25-20)19-15-7-11-24-12-16(15)26-14-4-2-13(3-5-14)18(22)23/h2-5,15-16H,1,6-12H2,(H,19,21)(H,22,23). The Bertz CT molecular complexity index is 615. The van der Waals surface area contributed by atoms with E-state index in [0.29, 0.717) is 38.3 Å². The minimum atomic E-state index is -0.982. The van der Waals surface area contributed by atoms with Crippen molar-refractivity contribution in [2.24, 2.45) is 0 Å². The molecule has 2 fully saturated rings. The maximum atomic E-state index is 12.2. The van der Waals surface area contributed by atoms with Crippen LogP contribution in [0.1, 0.15) is 29.6 Å². The van der Waals surface area contributed by atoms with Gasteiger partial charge in [-0.3, -0.25) is 9.63 Å². The van der Waals surface area contributed by atoms with Crippen LogP contribution in [0, 0.1) is 0 Å². The molecule has 2 aliphatic heterocycles. The Kier molecular flexibility index (Phi) is 6.43. The van der Waals surface area contributed by atoms with Crippen molar-refractivity contribution in [3.8, 4) is 5.75 Å². The highest BCUT2D eigenvalue weighted by molar-refractivity contribution is 5.87. The lowest BCUT2D eigenvalue weighted by Crippen LogP contribution is -2.51. The van der Waals surface area contributed by atoms with E-state index in [2.05, 4.69) is 5.32 Å². The maximum absolute atomic E-state index is 12.2. The smallest absolute Gasteiger partial charge is 0.335 e. The van der Waals surface area contributed by atoms with Gasteiger partial charge in [0.1, 0.15) is 11.9 Å². The van der Waals surface area contributed by atoms with E-state index in [-0.39, 0.29) is 23.6 Å². The van der Waals surface area contributed by atoms with Crippen LogP contribution in [0.3, 0.4) is 0 Å². The predicted octanol–water partition coefficient (Wildman–Crippen LogP) is 1.06. The first-order valence-corrected chi connectivity index (χ1v) is 8.87. The summed E-state index contributed by atoms with van der Waals surface area (Å²) >= 11 is 0. The quantitative estimate of drug-likeness (QED) is 0.747. The van der Waals surface area contributed by atoms with Gasteiger partial charge in [-0.25, -0.2) is 4.79 Å². The lowest BCUT2D eigenvalue weighted by Gasteiger charge is -2.32. The number of hydroxylamine groups is 2. The fourth-order valence-corrected chi connectivity index (χ4v) is 3.02. The number of hydrogen-bond donors (Lipinski definition) is 2. The summed E-state index contributed by atoms with van der Waals surface area (Å²) in [4.78, 5) is 28.5. The third-order valence-corrected chi connectivity index (χ3v) is 4.45. The number of benzene rings is 1. The van der Waals surface area contributed by atoms with Crippen LogP contribution >= 0.6 is 0 Å². The van der Waals surface area contributed by atoms with Crippen molar-refractivity contribution in [3.05, 3.63) is 29.8 Å². The van der Waals surface area contributed by atoms with Gasteiger partial charge in [0.2, 0.25) is 5.91 Å². The van der Waals surface area contributed by atoms with E-state index in [1.165, 1.54) is 12.1 Å². The molecule has 1 amide bonds. The molecule has 0 spiro atoms. The first-order chi connectivity index (χ1) is 12.6. The Hall–Kier alpha value is -2.16. The van der Waals surface area contributed by atoms with E-state index in [0.717, 1.165) is 19.6 Å². The Balaban J connectivity index is 1.51. The summed E-state index contributed by atoms with van der Waals surface area (Å²) in [6.45, 7) is 3.11. The molecule has 1 aromatic rings. The highest BCUT2D eigenvalue weighted by atomic mass is 16.7. The van der Waals surface area contributed by atoms with Crippen LogP contribution in [-0.4, -0.2) is 67.1 Å². The molecule has 2 saturated heterocycles. The number of carbonyl (C=O) groups excluding carboxylic acids is 1. The molecule has 3 rings (SSSR count). The zero-order valence-electron chi connectivity index (χ0n) is 14.6. The zero-order chi connectivity index (χ0) is 18.4. The second-order valence-corrected chi connectivity index (χ2v) is 6.39. The molecule has 8 heteroatoms. The monoisotopic (exact) mass is 364 g/mol. The largest absolute Gasteiger partial charge is 0.486 e. The highest BCUT2D eigenvalue weighted by Crippen LogP contribution is 2.19. The van der Waals surface area contributed by atoms with Crippen molar-refractivity contribution >= 4 is 11.9 Å². The van der Waals surface area contributed by atoms with Gasteiger partial charge in [-0.15, -0.1) is 0 Å². The molecule has 0 saturated carbocycles. The van der Waals surface area contributed by atoms with E-state index in [1.807, 2.05) is 5.06 Å². The topological polar surface area (TPSA) is 97.3 Å². The number of carbonyl (C=O) groups is 2. The fourth-order valence-electron chi connectivity index (χ4n) is 3.02. The molecule has 2 aliphatic rings. The SMILES string of the molecule is O=C(CCN1CCCO1)NC1CCOCC1Oc1ccc(C(=O)O)cc1.